The summed E-state index contributed by atoms with van der Waals surface area (Å²) in [7, 11) is 0. The van der Waals surface area contributed by atoms with Gasteiger partial charge in [-0.1, -0.05) is 19.1 Å². The van der Waals surface area contributed by atoms with Gasteiger partial charge in [0.05, 0.1) is 6.54 Å². The maximum atomic E-state index is 12.5. The van der Waals surface area contributed by atoms with Crippen LogP contribution in [0.2, 0.25) is 0 Å². The highest BCUT2D eigenvalue weighted by Gasteiger charge is 2.23. The van der Waals surface area contributed by atoms with Gasteiger partial charge in [0.25, 0.3) is 0 Å². The molecular formula is C19H30N6O4. The molecule has 0 radical (unpaired) electrons. The summed E-state index contributed by atoms with van der Waals surface area (Å²) in [6.45, 7) is 5.11. The first kappa shape index (κ1) is 23.7. The Labute approximate surface area is 170 Å². The number of aromatic hydroxyl groups is 1. The number of nitrogens with zero attached hydrogens (tertiary/aromatic N) is 1. The molecular weight excluding hydrogens is 376 g/mol. The SMILES string of the molecule is CC[C@@H](C)NC(=O)CNC(=O)[C@@H](C)NC(=O)[C@H](Cc1ccc(O)cc1)N=C(N)N. The van der Waals surface area contributed by atoms with E-state index in [0.717, 1.165) is 12.0 Å². The van der Waals surface area contributed by atoms with Crippen LogP contribution in [0.5, 0.6) is 5.75 Å². The number of benzene rings is 1. The molecule has 0 saturated carbocycles. The minimum absolute atomic E-state index is 0.0109. The Balaban J connectivity index is 2.65. The molecule has 0 aliphatic rings. The number of rotatable bonds is 10. The molecule has 0 fully saturated rings. The predicted octanol–water partition coefficient (Wildman–Crippen LogP) is -0.888. The van der Waals surface area contributed by atoms with Crippen molar-refractivity contribution in [1.82, 2.24) is 16.0 Å². The van der Waals surface area contributed by atoms with Gasteiger partial charge in [-0.3, -0.25) is 14.4 Å². The van der Waals surface area contributed by atoms with Crippen molar-refractivity contribution in [2.24, 2.45) is 16.5 Å². The van der Waals surface area contributed by atoms with Crippen molar-refractivity contribution < 1.29 is 19.5 Å². The van der Waals surface area contributed by atoms with Crippen LogP contribution in [0.4, 0.5) is 0 Å². The Bertz CT molecular complexity index is 731. The largest absolute Gasteiger partial charge is 0.508 e. The quantitative estimate of drug-likeness (QED) is 0.217. The Morgan fingerprint density at radius 2 is 1.69 bits per heavy atom. The summed E-state index contributed by atoms with van der Waals surface area (Å²) < 4.78 is 0. The summed E-state index contributed by atoms with van der Waals surface area (Å²) in [5, 5.41) is 17.1. The monoisotopic (exact) mass is 406 g/mol. The summed E-state index contributed by atoms with van der Waals surface area (Å²) >= 11 is 0. The van der Waals surface area contributed by atoms with Gasteiger partial charge in [0, 0.05) is 12.5 Å². The number of carbonyl (C=O) groups excluding carboxylic acids is 3. The average Bonchev–Trinajstić information content (AvgIpc) is 2.66. The van der Waals surface area contributed by atoms with Crippen LogP contribution in [0.3, 0.4) is 0 Å². The number of nitrogens with one attached hydrogen (secondary N) is 3. The summed E-state index contributed by atoms with van der Waals surface area (Å²) in [6, 6.07) is 4.43. The smallest absolute Gasteiger partial charge is 0.245 e. The van der Waals surface area contributed by atoms with E-state index in [4.69, 9.17) is 11.5 Å². The van der Waals surface area contributed by atoms with Crippen LogP contribution in [0, 0.1) is 0 Å². The second-order valence-electron chi connectivity index (χ2n) is 6.77. The zero-order valence-corrected chi connectivity index (χ0v) is 16.9. The minimum Gasteiger partial charge on any atom is -0.508 e. The van der Waals surface area contributed by atoms with E-state index >= 15 is 0 Å². The Kier molecular flexibility index (Phi) is 9.43. The van der Waals surface area contributed by atoms with Gasteiger partial charge in [0.15, 0.2) is 5.96 Å². The topological polar surface area (TPSA) is 172 Å². The van der Waals surface area contributed by atoms with Crippen molar-refractivity contribution in [2.45, 2.75) is 51.7 Å². The summed E-state index contributed by atoms with van der Waals surface area (Å²) in [6.07, 6.45) is 0.953. The lowest BCUT2D eigenvalue weighted by molar-refractivity contribution is -0.130. The van der Waals surface area contributed by atoms with Gasteiger partial charge < -0.3 is 32.5 Å². The summed E-state index contributed by atoms with van der Waals surface area (Å²) in [5.74, 6) is -1.53. The van der Waals surface area contributed by atoms with Gasteiger partial charge >= 0.3 is 0 Å². The number of phenolic OH excluding ortho intramolecular Hbond substituents is 1. The lowest BCUT2D eigenvalue weighted by Gasteiger charge is -2.18. The molecule has 0 unspecified atom stereocenters. The van der Waals surface area contributed by atoms with Crippen molar-refractivity contribution in [3.8, 4) is 5.75 Å². The highest BCUT2D eigenvalue weighted by molar-refractivity contribution is 5.92. The Morgan fingerprint density at radius 1 is 1.07 bits per heavy atom. The number of hydrogen-bond acceptors (Lipinski definition) is 5. The van der Waals surface area contributed by atoms with E-state index in [9.17, 15) is 19.5 Å². The zero-order chi connectivity index (χ0) is 22.0. The molecule has 3 atom stereocenters. The fourth-order valence-corrected chi connectivity index (χ4v) is 2.36. The average molecular weight is 406 g/mol. The molecule has 10 nitrogen and oxygen atoms in total. The second-order valence-corrected chi connectivity index (χ2v) is 6.77. The first-order valence-electron chi connectivity index (χ1n) is 9.36. The molecule has 0 aliphatic heterocycles. The van der Waals surface area contributed by atoms with Crippen LogP contribution < -0.4 is 27.4 Å². The number of amides is 3. The van der Waals surface area contributed by atoms with Gasteiger partial charge in [-0.05, 0) is 38.0 Å². The molecule has 0 spiro atoms. The van der Waals surface area contributed by atoms with Gasteiger partial charge in [-0.2, -0.15) is 0 Å². The first-order valence-corrected chi connectivity index (χ1v) is 9.36. The third-order valence-corrected chi connectivity index (χ3v) is 4.17. The van der Waals surface area contributed by atoms with E-state index < -0.39 is 23.9 Å². The van der Waals surface area contributed by atoms with Crippen LogP contribution >= 0.6 is 0 Å². The maximum Gasteiger partial charge on any atom is 0.245 e. The molecule has 1 aromatic rings. The van der Waals surface area contributed by atoms with Gasteiger partial charge in [-0.25, -0.2) is 4.99 Å². The van der Waals surface area contributed by atoms with Crippen molar-refractivity contribution in [3.63, 3.8) is 0 Å². The van der Waals surface area contributed by atoms with Crippen molar-refractivity contribution in [3.05, 3.63) is 29.8 Å². The van der Waals surface area contributed by atoms with Crippen LogP contribution in [0.1, 0.15) is 32.8 Å². The van der Waals surface area contributed by atoms with E-state index in [2.05, 4.69) is 20.9 Å². The molecule has 0 aromatic heterocycles. The van der Waals surface area contributed by atoms with E-state index in [1.165, 1.54) is 19.1 Å². The number of nitrogens with two attached hydrogens (primary N) is 2. The molecule has 0 aliphatic carbocycles. The second kappa shape index (κ2) is 11.5. The van der Waals surface area contributed by atoms with Crippen molar-refractivity contribution in [1.29, 1.82) is 0 Å². The molecule has 160 valence electrons. The number of guanidine groups is 1. The lowest BCUT2D eigenvalue weighted by atomic mass is 10.1. The minimum atomic E-state index is -0.950. The van der Waals surface area contributed by atoms with E-state index in [1.54, 1.807) is 12.1 Å². The molecule has 8 N–H and O–H groups in total. The number of aliphatic imine (C=N–C) groups is 1. The molecule has 0 saturated heterocycles. The summed E-state index contributed by atoms with van der Waals surface area (Å²) in [5.41, 5.74) is 11.6. The zero-order valence-electron chi connectivity index (χ0n) is 16.9. The fraction of sp³-hybridized carbons (Fsp3) is 0.474. The third-order valence-electron chi connectivity index (χ3n) is 4.17. The predicted molar refractivity (Wildman–Crippen MR) is 110 cm³/mol. The summed E-state index contributed by atoms with van der Waals surface area (Å²) in [4.78, 5) is 40.4. The lowest BCUT2D eigenvalue weighted by Crippen LogP contribution is -2.50. The van der Waals surface area contributed by atoms with E-state index in [1.807, 2.05) is 13.8 Å². The molecule has 1 aromatic carbocycles. The van der Waals surface area contributed by atoms with Crippen molar-refractivity contribution >= 4 is 23.7 Å². The number of carbonyl (C=O) groups is 3. The normalized spacial score (nSPS) is 13.5. The Morgan fingerprint density at radius 3 is 2.24 bits per heavy atom. The highest BCUT2D eigenvalue weighted by atomic mass is 16.3. The number of phenols is 1. The molecule has 0 bridgehead atoms. The fourth-order valence-electron chi connectivity index (χ4n) is 2.36. The molecule has 29 heavy (non-hydrogen) atoms. The maximum absolute atomic E-state index is 12.5. The molecule has 0 heterocycles. The third kappa shape index (κ3) is 8.96. The van der Waals surface area contributed by atoms with Crippen LogP contribution in [-0.4, -0.2) is 53.5 Å². The molecule has 1 rings (SSSR count). The standard InChI is InChI=1S/C19H30N6O4/c1-4-11(2)23-16(27)10-22-17(28)12(3)24-18(29)15(25-19(20)21)9-13-5-7-14(26)8-6-13/h5-8,11-12,15,26H,4,9-10H2,1-3H3,(H,22,28)(H,23,27)(H,24,29)(H4,20,21,25)/t11-,12-,15+/m1/s1. The number of hydrogen-bond donors (Lipinski definition) is 6. The van der Waals surface area contributed by atoms with E-state index in [0.29, 0.717) is 0 Å². The van der Waals surface area contributed by atoms with Gasteiger partial charge in [0.2, 0.25) is 17.7 Å². The van der Waals surface area contributed by atoms with Gasteiger partial charge in [-0.15, -0.1) is 0 Å². The van der Waals surface area contributed by atoms with Crippen LogP contribution in [0.15, 0.2) is 29.3 Å². The molecule has 3 amide bonds. The van der Waals surface area contributed by atoms with Crippen LogP contribution in [0.25, 0.3) is 0 Å². The van der Waals surface area contributed by atoms with Crippen LogP contribution in [-0.2, 0) is 20.8 Å². The van der Waals surface area contributed by atoms with Gasteiger partial charge in [0.1, 0.15) is 17.8 Å². The van der Waals surface area contributed by atoms with Crippen molar-refractivity contribution in [2.75, 3.05) is 6.54 Å². The highest BCUT2D eigenvalue weighted by Crippen LogP contribution is 2.12. The molecule has 10 heteroatoms. The first-order chi connectivity index (χ1) is 13.6. The van der Waals surface area contributed by atoms with E-state index in [-0.39, 0.29) is 36.6 Å². The Hall–Kier alpha value is -3.30.